The van der Waals surface area contributed by atoms with Gasteiger partial charge in [-0.15, -0.1) is 0 Å². The second kappa shape index (κ2) is 5.32. The lowest BCUT2D eigenvalue weighted by molar-refractivity contribution is 0.240. The van der Waals surface area contributed by atoms with Gasteiger partial charge in [0.1, 0.15) is 5.82 Å². The van der Waals surface area contributed by atoms with Crippen molar-refractivity contribution in [1.82, 2.24) is 15.5 Å². The summed E-state index contributed by atoms with van der Waals surface area (Å²) in [6.07, 6.45) is 2.48. The van der Waals surface area contributed by atoms with Gasteiger partial charge in [0.15, 0.2) is 5.82 Å². The number of hydrogen-bond acceptors (Lipinski definition) is 4. The Labute approximate surface area is 117 Å². The van der Waals surface area contributed by atoms with Crippen molar-refractivity contribution in [3.8, 4) is 0 Å². The van der Waals surface area contributed by atoms with Crippen molar-refractivity contribution in [3.63, 3.8) is 0 Å². The molecule has 5 heteroatoms. The maximum Gasteiger partial charge on any atom is 0.232 e. The number of rotatable bonds is 3. The molecule has 4 nitrogen and oxygen atoms in total. The molecule has 0 radical (unpaired) electrons. The zero-order valence-corrected chi connectivity index (χ0v) is 11.5. The Kier molecular flexibility index (Phi) is 3.53. The number of nitrogens with one attached hydrogen (secondary N) is 1. The molecular weight excluding hydrogens is 257 g/mol. The van der Waals surface area contributed by atoms with E-state index in [0.717, 1.165) is 31.5 Å². The van der Waals surface area contributed by atoms with Gasteiger partial charge in [0.05, 0.1) is 0 Å². The van der Waals surface area contributed by atoms with Crippen LogP contribution in [0.3, 0.4) is 0 Å². The second-order valence-electron chi connectivity index (χ2n) is 5.63. The third-order valence-electron chi connectivity index (χ3n) is 3.94. The van der Waals surface area contributed by atoms with Gasteiger partial charge in [0.2, 0.25) is 5.89 Å². The van der Waals surface area contributed by atoms with Crippen LogP contribution in [-0.2, 0) is 11.8 Å². The van der Waals surface area contributed by atoms with Crippen LogP contribution in [0.1, 0.15) is 37.0 Å². The van der Waals surface area contributed by atoms with Crippen LogP contribution in [0.4, 0.5) is 4.39 Å². The van der Waals surface area contributed by atoms with Crippen molar-refractivity contribution in [3.05, 3.63) is 47.4 Å². The van der Waals surface area contributed by atoms with Gasteiger partial charge in [-0.1, -0.05) is 24.2 Å². The van der Waals surface area contributed by atoms with Crippen molar-refractivity contribution >= 4 is 0 Å². The molecule has 1 aromatic heterocycles. The first kappa shape index (κ1) is 13.2. The molecule has 0 aliphatic carbocycles. The Hall–Kier alpha value is -1.75. The number of piperidine rings is 1. The molecule has 1 aliphatic rings. The van der Waals surface area contributed by atoms with Crippen LogP contribution in [0.25, 0.3) is 0 Å². The molecule has 3 rings (SSSR count). The van der Waals surface area contributed by atoms with Gasteiger partial charge in [-0.05, 0) is 43.6 Å². The summed E-state index contributed by atoms with van der Waals surface area (Å²) in [5.41, 5.74) is 0.811. The van der Waals surface area contributed by atoms with E-state index in [4.69, 9.17) is 4.52 Å². The normalized spacial score (nSPS) is 18.1. The van der Waals surface area contributed by atoms with Crippen LogP contribution in [0.5, 0.6) is 0 Å². The fraction of sp³-hybridized carbons (Fsp3) is 0.467. The van der Waals surface area contributed by atoms with Gasteiger partial charge in [-0.3, -0.25) is 0 Å². The molecule has 1 aromatic carbocycles. The fourth-order valence-corrected chi connectivity index (χ4v) is 2.59. The predicted octanol–water partition coefficient (Wildman–Crippen LogP) is 2.44. The number of halogens is 1. The smallest absolute Gasteiger partial charge is 0.232 e. The number of benzene rings is 1. The van der Waals surface area contributed by atoms with Crippen molar-refractivity contribution in [2.24, 2.45) is 0 Å². The van der Waals surface area contributed by atoms with E-state index in [1.807, 2.05) is 6.07 Å². The number of nitrogens with zero attached hydrogens (tertiary/aromatic N) is 2. The highest BCUT2D eigenvalue weighted by atomic mass is 19.1. The Morgan fingerprint density at radius 2 is 2.15 bits per heavy atom. The Balaban J connectivity index is 1.76. The molecule has 1 aliphatic heterocycles. The molecule has 106 valence electrons. The average Bonchev–Trinajstić information content (AvgIpc) is 2.89. The van der Waals surface area contributed by atoms with Crippen LogP contribution in [0, 0.1) is 5.82 Å². The maximum atomic E-state index is 13.2. The standard InChI is InChI=1S/C15H18FN3O/c1-15(5-7-17-8-6-15)14-18-13(19-20-14)10-11-3-2-4-12(16)9-11/h2-4,9,17H,5-8,10H2,1H3. The van der Waals surface area contributed by atoms with E-state index in [9.17, 15) is 4.39 Å². The number of aromatic nitrogens is 2. The first-order valence-electron chi connectivity index (χ1n) is 6.94. The molecule has 0 amide bonds. The first-order chi connectivity index (χ1) is 9.66. The van der Waals surface area contributed by atoms with Crippen LogP contribution in [-0.4, -0.2) is 23.2 Å². The van der Waals surface area contributed by atoms with Crippen LogP contribution in [0.15, 0.2) is 28.8 Å². The van der Waals surface area contributed by atoms with E-state index in [2.05, 4.69) is 22.4 Å². The zero-order chi connectivity index (χ0) is 14.0. The molecular formula is C15H18FN3O. The van der Waals surface area contributed by atoms with E-state index >= 15 is 0 Å². The third-order valence-corrected chi connectivity index (χ3v) is 3.94. The molecule has 1 saturated heterocycles. The summed E-state index contributed by atoms with van der Waals surface area (Å²) >= 11 is 0. The minimum Gasteiger partial charge on any atom is -0.339 e. The molecule has 20 heavy (non-hydrogen) atoms. The van der Waals surface area contributed by atoms with Crippen LogP contribution < -0.4 is 5.32 Å². The van der Waals surface area contributed by atoms with Gasteiger partial charge in [-0.2, -0.15) is 4.98 Å². The van der Waals surface area contributed by atoms with Crippen molar-refractivity contribution in [1.29, 1.82) is 0 Å². The Morgan fingerprint density at radius 1 is 1.35 bits per heavy atom. The van der Waals surface area contributed by atoms with Gasteiger partial charge >= 0.3 is 0 Å². The monoisotopic (exact) mass is 275 g/mol. The number of hydrogen-bond donors (Lipinski definition) is 1. The lowest BCUT2D eigenvalue weighted by atomic mass is 9.81. The third kappa shape index (κ3) is 2.72. The van der Waals surface area contributed by atoms with E-state index in [1.165, 1.54) is 12.1 Å². The molecule has 0 saturated carbocycles. The highest BCUT2D eigenvalue weighted by Crippen LogP contribution is 2.31. The summed E-state index contributed by atoms with van der Waals surface area (Å²) in [6, 6.07) is 6.49. The second-order valence-corrected chi connectivity index (χ2v) is 5.63. The predicted molar refractivity (Wildman–Crippen MR) is 73.0 cm³/mol. The van der Waals surface area contributed by atoms with Gasteiger partial charge in [0.25, 0.3) is 0 Å². The van der Waals surface area contributed by atoms with Crippen molar-refractivity contribution < 1.29 is 8.91 Å². The maximum absolute atomic E-state index is 13.2. The van der Waals surface area contributed by atoms with Crippen LogP contribution in [0.2, 0.25) is 0 Å². The van der Waals surface area contributed by atoms with Crippen molar-refractivity contribution in [2.75, 3.05) is 13.1 Å². The molecule has 1 fully saturated rings. The van der Waals surface area contributed by atoms with E-state index in [-0.39, 0.29) is 11.2 Å². The summed E-state index contributed by atoms with van der Waals surface area (Å²) < 4.78 is 18.6. The quantitative estimate of drug-likeness (QED) is 0.934. The summed E-state index contributed by atoms with van der Waals surface area (Å²) in [5, 5.41) is 7.36. The van der Waals surface area contributed by atoms with Gasteiger partial charge in [0, 0.05) is 11.8 Å². The Bertz CT molecular complexity index is 590. The summed E-state index contributed by atoms with van der Waals surface area (Å²) in [5.74, 6) is 1.08. The fourth-order valence-electron chi connectivity index (χ4n) is 2.59. The van der Waals surface area contributed by atoms with E-state index in [1.54, 1.807) is 6.07 Å². The molecule has 2 aromatic rings. The van der Waals surface area contributed by atoms with E-state index < -0.39 is 0 Å². The molecule has 0 unspecified atom stereocenters. The molecule has 0 bridgehead atoms. The highest BCUT2D eigenvalue weighted by Gasteiger charge is 2.34. The van der Waals surface area contributed by atoms with E-state index in [0.29, 0.717) is 18.1 Å². The molecule has 1 N–H and O–H groups in total. The minimum atomic E-state index is -0.239. The zero-order valence-electron chi connectivity index (χ0n) is 11.5. The summed E-state index contributed by atoms with van der Waals surface area (Å²) in [6.45, 7) is 4.10. The molecule has 0 atom stereocenters. The minimum absolute atomic E-state index is 0.0432. The van der Waals surface area contributed by atoms with Crippen molar-refractivity contribution in [2.45, 2.75) is 31.6 Å². The molecule has 0 spiro atoms. The van der Waals surface area contributed by atoms with Crippen LogP contribution >= 0.6 is 0 Å². The first-order valence-corrected chi connectivity index (χ1v) is 6.94. The van der Waals surface area contributed by atoms with Gasteiger partial charge < -0.3 is 9.84 Å². The van der Waals surface area contributed by atoms with Gasteiger partial charge in [-0.25, -0.2) is 4.39 Å². The summed E-state index contributed by atoms with van der Waals surface area (Å²) in [7, 11) is 0. The Morgan fingerprint density at radius 3 is 2.90 bits per heavy atom. The highest BCUT2D eigenvalue weighted by molar-refractivity contribution is 5.20. The lowest BCUT2D eigenvalue weighted by Gasteiger charge is -2.30. The SMILES string of the molecule is CC1(c2nc(Cc3cccc(F)c3)no2)CCNCC1. The molecule has 2 heterocycles. The topological polar surface area (TPSA) is 51.0 Å². The largest absolute Gasteiger partial charge is 0.339 e. The lowest BCUT2D eigenvalue weighted by Crippen LogP contribution is -2.37. The summed E-state index contributed by atoms with van der Waals surface area (Å²) in [4.78, 5) is 4.50. The average molecular weight is 275 g/mol.